The molecule has 2 aromatic rings. The fourth-order valence-corrected chi connectivity index (χ4v) is 6.04. The molecule has 15 nitrogen and oxygen atoms in total. The molecule has 3 atom stereocenters. The molecule has 4 N–H and O–H groups in total. The summed E-state index contributed by atoms with van der Waals surface area (Å²) in [6, 6.07) is -0.628. The van der Waals surface area contributed by atoms with Crippen LogP contribution in [0.15, 0.2) is 24.8 Å². The largest absolute Gasteiger partial charge is 0.478 e. The van der Waals surface area contributed by atoms with Crippen LogP contribution in [0.2, 0.25) is 0 Å². The number of carboxylic acids is 2. The highest BCUT2D eigenvalue weighted by Crippen LogP contribution is 2.55. The number of fused-ring (bicyclic) bond motifs is 1. The van der Waals surface area contributed by atoms with Gasteiger partial charge in [-0.2, -0.15) is 0 Å². The van der Waals surface area contributed by atoms with E-state index >= 15 is 0 Å². The lowest BCUT2D eigenvalue weighted by Crippen LogP contribution is -2.47. The van der Waals surface area contributed by atoms with Crippen molar-refractivity contribution in [1.82, 2.24) is 24.2 Å². The molecule has 0 aliphatic carbocycles. The Kier molecular flexibility index (Phi) is 12.5. The second-order valence-corrected chi connectivity index (χ2v) is 10.8. The standard InChI is InChI=1S/C19H31N6O5P.C4H4O4/c1-4-14(3)16(19(26)29-5-2)25-7-6-9-30-31(25,27)13-28-10-8-24-12-23-15-17(20)21-11-22-18(15)24;5-3(6)1-2-4(7)8/h11-12,14,16H,4-10,13H2,1-3H3,(H2,20,21,22);1-2H,(H,5,6)(H,7,8)/b;2-1+/t14?,16-,31+;/m0./s1. The van der Waals surface area contributed by atoms with Crippen molar-refractivity contribution in [2.24, 2.45) is 5.92 Å². The third kappa shape index (κ3) is 9.10. The van der Waals surface area contributed by atoms with Crippen LogP contribution in [0.25, 0.3) is 11.2 Å². The Bertz CT molecular complexity index is 1190. The lowest BCUT2D eigenvalue weighted by atomic mass is 9.99. The van der Waals surface area contributed by atoms with Crippen LogP contribution in [-0.2, 0) is 39.5 Å². The third-order valence-electron chi connectivity index (χ3n) is 5.78. The van der Waals surface area contributed by atoms with Gasteiger partial charge in [0.25, 0.3) is 7.52 Å². The number of nitrogens with two attached hydrogens (primary N) is 1. The molecular weight excluding hydrogens is 535 g/mol. The SMILES string of the molecule is CCOC(=O)[C@H](C(C)CC)N1CCCO[P@]1(=O)COCCn1cnc2c(N)ncnc21.O=C(O)/C=C/C(=O)O. The van der Waals surface area contributed by atoms with Crippen LogP contribution in [0, 0.1) is 5.92 Å². The number of carboxylic acid groups (broad SMARTS) is 2. The fourth-order valence-electron chi connectivity index (χ4n) is 3.75. The lowest BCUT2D eigenvalue weighted by Gasteiger charge is -2.40. The molecule has 0 amide bonds. The number of imidazole rings is 1. The highest BCUT2D eigenvalue weighted by Gasteiger charge is 2.45. The first-order valence-corrected chi connectivity index (χ1v) is 14.1. The molecule has 1 saturated heterocycles. The number of hydrogen-bond acceptors (Lipinski definition) is 11. The monoisotopic (exact) mass is 570 g/mol. The molecular formula is C23H35N6O9P. The number of carbonyl (C=O) groups excluding carboxylic acids is 1. The average molecular weight is 571 g/mol. The van der Waals surface area contributed by atoms with Crippen molar-refractivity contribution in [3.63, 3.8) is 0 Å². The number of rotatable bonds is 12. The number of carbonyl (C=O) groups is 3. The molecule has 1 aliphatic rings. The summed E-state index contributed by atoms with van der Waals surface area (Å²) < 4.78 is 33.9. The lowest BCUT2D eigenvalue weighted by molar-refractivity contribution is -0.150. The van der Waals surface area contributed by atoms with Crippen molar-refractivity contribution < 1.29 is 43.2 Å². The second kappa shape index (κ2) is 15.3. The van der Waals surface area contributed by atoms with E-state index in [0.717, 1.165) is 6.42 Å². The molecule has 0 bridgehead atoms. The first-order valence-electron chi connectivity index (χ1n) is 12.3. The van der Waals surface area contributed by atoms with Crippen LogP contribution >= 0.6 is 7.52 Å². The third-order valence-corrected chi connectivity index (χ3v) is 8.10. The first kappa shape index (κ1) is 31.8. The maximum Gasteiger partial charge on any atom is 0.328 e. The first-order chi connectivity index (χ1) is 18.5. The van der Waals surface area contributed by atoms with Crippen molar-refractivity contribution >= 4 is 42.4 Å². The van der Waals surface area contributed by atoms with E-state index in [4.69, 9.17) is 29.9 Å². The van der Waals surface area contributed by atoms with E-state index in [9.17, 15) is 18.9 Å². The van der Waals surface area contributed by atoms with E-state index < -0.39 is 25.5 Å². The Morgan fingerprint density at radius 2 is 1.90 bits per heavy atom. The summed E-state index contributed by atoms with van der Waals surface area (Å²) in [5.74, 6) is -2.60. The quantitative estimate of drug-likeness (QED) is 0.144. The molecule has 39 heavy (non-hydrogen) atoms. The molecule has 1 aliphatic heterocycles. The predicted octanol–water partition coefficient (Wildman–Crippen LogP) is 1.99. The Morgan fingerprint density at radius 3 is 2.51 bits per heavy atom. The van der Waals surface area contributed by atoms with E-state index in [1.807, 2.05) is 13.8 Å². The number of nitrogens with zero attached hydrogens (tertiary/aromatic N) is 5. The highest BCUT2D eigenvalue weighted by atomic mass is 31.2. The van der Waals surface area contributed by atoms with Crippen LogP contribution in [0.4, 0.5) is 5.82 Å². The summed E-state index contributed by atoms with van der Waals surface area (Å²) in [6.45, 7) is 7.57. The van der Waals surface area contributed by atoms with Gasteiger partial charge >= 0.3 is 17.9 Å². The van der Waals surface area contributed by atoms with E-state index in [1.54, 1.807) is 22.5 Å². The van der Waals surface area contributed by atoms with Gasteiger partial charge in [0.1, 0.15) is 24.2 Å². The number of aromatic nitrogens is 4. The van der Waals surface area contributed by atoms with Gasteiger partial charge < -0.3 is 34.5 Å². The van der Waals surface area contributed by atoms with Crippen LogP contribution in [0.3, 0.4) is 0 Å². The Labute approximate surface area is 225 Å². The highest BCUT2D eigenvalue weighted by molar-refractivity contribution is 7.56. The molecule has 3 heterocycles. The minimum absolute atomic E-state index is 0.0310. The Balaban J connectivity index is 0.000000580. The van der Waals surface area contributed by atoms with Crippen LogP contribution in [-0.4, -0.2) is 91.1 Å². The van der Waals surface area contributed by atoms with E-state index in [2.05, 4.69) is 15.0 Å². The summed E-state index contributed by atoms with van der Waals surface area (Å²) >= 11 is 0. The number of nitrogen functional groups attached to an aromatic ring is 1. The van der Waals surface area contributed by atoms with Gasteiger partial charge in [0.05, 0.1) is 26.1 Å². The fraction of sp³-hybridized carbons (Fsp3) is 0.565. The summed E-state index contributed by atoms with van der Waals surface area (Å²) in [4.78, 5) is 44.1. The minimum atomic E-state index is -3.35. The number of ether oxygens (including phenoxy) is 2. The Morgan fingerprint density at radius 1 is 1.21 bits per heavy atom. The topological polar surface area (TPSA) is 209 Å². The van der Waals surface area contributed by atoms with Crippen LogP contribution in [0.1, 0.15) is 33.6 Å². The minimum Gasteiger partial charge on any atom is -0.478 e. The van der Waals surface area contributed by atoms with Gasteiger partial charge in [0.2, 0.25) is 0 Å². The van der Waals surface area contributed by atoms with Crippen LogP contribution < -0.4 is 5.73 Å². The van der Waals surface area contributed by atoms with E-state index in [1.165, 1.54) is 6.33 Å². The zero-order chi connectivity index (χ0) is 29.0. The molecule has 1 unspecified atom stereocenters. The van der Waals surface area contributed by atoms with E-state index in [0.29, 0.717) is 55.3 Å². The molecule has 0 saturated carbocycles. The van der Waals surface area contributed by atoms with Crippen molar-refractivity contribution in [2.75, 3.05) is 38.4 Å². The van der Waals surface area contributed by atoms with Gasteiger partial charge in [-0.3, -0.25) is 9.36 Å². The molecule has 2 aromatic heterocycles. The molecule has 216 valence electrons. The van der Waals surface area contributed by atoms with Gasteiger partial charge in [-0.1, -0.05) is 20.3 Å². The van der Waals surface area contributed by atoms with Crippen molar-refractivity contribution in [1.29, 1.82) is 0 Å². The van der Waals surface area contributed by atoms with Crippen molar-refractivity contribution in [3.05, 3.63) is 24.8 Å². The zero-order valence-electron chi connectivity index (χ0n) is 22.1. The summed E-state index contributed by atoms with van der Waals surface area (Å²) in [5, 5.41) is 15.6. The van der Waals surface area contributed by atoms with Gasteiger partial charge in [-0.15, -0.1) is 0 Å². The van der Waals surface area contributed by atoms with Gasteiger partial charge in [0.15, 0.2) is 11.5 Å². The Hall–Kier alpha value is -3.39. The summed E-state index contributed by atoms with van der Waals surface area (Å²) in [7, 11) is -3.35. The molecule has 0 aromatic carbocycles. The van der Waals surface area contributed by atoms with Crippen molar-refractivity contribution in [2.45, 2.75) is 46.2 Å². The number of aliphatic carboxylic acids is 2. The van der Waals surface area contributed by atoms with Gasteiger partial charge in [0, 0.05) is 25.2 Å². The molecule has 16 heteroatoms. The number of anilines is 1. The summed E-state index contributed by atoms with van der Waals surface area (Å²) in [6.07, 6.45) is 5.45. The van der Waals surface area contributed by atoms with Crippen molar-refractivity contribution in [3.8, 4) is 0 Å². The maximum atomic E-state index is 13.7. The van der Waals surface area contributed by atoms with Gasteiger partial charge in [-0.05, 0) is 19.3 Å². The second-order valence-electron chi connectivity index (χ2n) is 8.49. The smallest absolute Gasteiger partial charge is 0.328 e. The number of hydrogen-bond donors (Lipinski definition) is 3. The zero-order valence-corrected chi connectivity index (χ0v) is 23.0. The molecule has 0 radical (unpaired) electrons. The normalized spacial score (nSPS) is 19.3. The summed E-state index contributed by atoms with van der Waals surface area (Å²) in [5.41, 5.74) is 6.95. The average Bonchev–Trinajstić information content (AvgIpc) is 3.31. The van der Waals surface area contributed by atoms with Gasteiger partial charge in [-0.25, -0.2) is 29.2 Å². The van der Waals surface area contributed by atoms with Crippen LogP contribution in [0.5, 0.6) is 0 Å². The molecule has 1 fully saturated rings. The number of esters is 1. The predicted molar refractivity (Wildman–Crippen MR) is 140 cm³/mol. The maximum absolute atomic E-state index is 13.7. The molecule has 0 spiro atoms. The van der Waals surface area contributed by atoms with E-state index in [-0.39, 0.29) is 31.4 Å². The molecule has 3 rings (SSSR count).